The Morgan fingerprint density at radius 2 is 2.10 bits per heavy atom. The first-order valence-corrected chi connectivity index (χ1v) is 6.61. The van der Waals surface area contributed by atoms with E-state index in [9.17, 15) is 4.39 Å². The van der Waals surface area contributed by atoms with Gasteiger partial charge in [0.05, 0.1) is 25.5 Å². The molecule has 0 amide bonds. The average Bonchev–Trinajstić information content (AvgIpc) is 2.51. The molecule has 1 rings (SSSR count). The lowest BCUT2D eigenvalue weighted by Gasteiger charge is -2.30. The zero-order chi connectivity index (χ0) is 15.7. The van der Waals surface area contributed by atoms with E-state index in [0.717, 1.165) is 0 Å². The number of allylic oxidation sites excluding steroid dienone is 2. The van der Waals surface area contributed by atoms with Crippen molar-refractivity contribution in [3.63, 3.8) is 0 Å². The van der Waals surface area contributed by atoms with Crippen molar-refractivity contribution in [2.24, 2.45) is 17.3 Å². The van der Waals surface area contributed by atoms with Gasteiger partial charge in [-0.2, -0.15) is 0 Å². The zero-order valence-electron chi connectivity index (χ0n) is 12.0. The lowest BCUT2D eigenvalue weighted by atomic mass is 10.2. The van der Waals surface area contributed by atoms with E-state index in [1.54, 1.807) is 0 Å². The van der Waals surface area contributed by atoms with E-state index in [0.29, 0.717) is 37.7 Å². The monoisotopic (exact) mass is 295 g/mol. The van der Waals surface area contributed by atoms with Crippen molar-refractivity contribution in [3.05, 3.63) is 35.6 Å². The fraction of sp³-hybridized carbons (Fsp3) is 0.429. The number of hydrogen-bond acceptors (Lipinski definition) is 6. The Bertz CT molecular complexity index is 460. The first-order valence-electron chi connectivity index (χ1n) is 6.61. The second kappa shape index (κ2) is 9.02. The Hall–Kier alpha value is -2.01. The second-order valence-electron chi connectivity index (χ2n) is 4.45. The molecule has 1 heterocycles. The van der Waals surface area contributed by atoms with E-state index >= 15 is 0 Å². The highest BCUT2D eigenvalue weighted by atomic mass is 19.1. The van der Waals surface area contributed by atoms with Gasteiger partial charge in [0.2, 0.25) is 0 Å². The molecule has 0 unspecified atom stereocenters. The predicted octanol–water partition coefficient (Wildman–Crippen LogP) is -0.376. The summed E-state index contributed by atoms with van der Waals surface area (Å²) in [5.41, 5.74) is 11.7. The second-order valence-corrected chi connectivity index (χ2v) is 4.45. The number of nitrogens with two attached hydrogens (primary N) is 3. The molecule has 0 aliphatic carbocycles. The highest BCUT2D eigenvalue weighted by Crippen LogP contribution is 2.18. The van der Waals surface area contributed by atoms with E-state index in [4.69, 9.17) is 28.5 Å². The zero-order valence-corrected chi connectivity index (χ0v) is 12.0. The van der Waals surface area contributed by atoms with Crippen molar-refractivity contribution in [1.82, 2.24) is 9.91 Å². The van der Waals surface area contributed by atoms with Crippen LogP contribution in [-0.4, -0.2) is 49.3 Å². The Labute approximate surface area is 124 Å². The molecule has 21 heavy (non-hydrogen) atoms. The van der Waals surface area contributed by atoms with Crippen LogP contribution >= 0.6 is 0 Å². The lowest BCUT2D eigenvalue weighted by Crippen LogP contribution is -2.36. The molecule has 6 nitrogen and oxygen atoms in total. The number of nitrogens with zero attached hydrogens (tertiary/aromatic N) is 2. The molecule has 0 bridgehead atoms. The van der Waals surface area contributed by atoms with Gasteiger partial charge in [0.1, 0.15) is 5.83 Å². The summed E-state index contributed by atoms with van der Waals surface area (Å²) in [4.78, 5) is 1.85. The van der Waals surface area contributed by atoms with Crippen LogP contribution in [0.5, 0.6) is 0 Å². The van der Waals surface area contributed by atoms with Crippen LogP contribution in [0.1, 0.15) is 0 Å². The lowest BCUT2D eigenvalue weighted by molar-refractivity contribution is 0.0535. The van der Waals surface area contributed by atoms with Crippen molar-refractivity contribution >= 4 is 0 Å². The summed E-state index contributed by atoms with van der Waals surface area (Å²) in [5, 5.41) is 1.26. The molecule has 116 valence electrons. The molecule has 1 aliphatic heterocycles. The van der Waals surface area contributed by atoms with Gasteiger partial charge in [0, 0.05) is 37.6 Å². The molecule has 0 aromatic carbocycles. The molecule has 0 aromatic heterocycles. The van der Waals surface area contributed by atoms with Crippen molar-refractivity contribution in [2.75, 3.05) is 39.4 Å². The Kier molecular flexibility index (Phi) is 7.32. The SMILES string of the molecule is C#C/C=C(\C(F)=C/CN(N)/C=C(\N)CN)N1CCOCC1. The van der Waals surface area contributed by atoms with Crippen LogP contribution in [0.3, 0.4) is 0 Å². The van der Waals surface area contributed by atoms with Gasteiger partial charge in [-0.1, -0.05) is 5.92 Å². The molecular formula is C14H22FN5O. The third-order valence-corrected chi connectivity index (χ3v) is 2.87. The van der Waals surface area contributed by atoms with Gasteiger partial charge in [-0.15, -0.1) is 6.42 Å². The number of hydrazine groups is 1. The quantitative estimate of drug-likeness (QED) is 0.268. The van der Waals surface area contributed by atoms with E-state index < -0.39 is 5.83 Å². The maximum absolute atomic E-state index is 14.3. The van der Waals surface area contributed by atoms with E-state index in [1.165, 1.54) is 23.4 Å². The largest absolute Gasteiger partial charge is 0.400 e. The minimum Gasteiger partial charge on any atom is -0.400 e. The Morgan fingerprint density at radius 1 is 1.43 bits per heavy atom. The van der Waals surface area contributed by atoms with Crippen molar-refractivity contribution < 1.29 is 9.13 Å². The highest BCUT2D eigenvalue weighted by molar-refractivity contribution is 5.31. The van der Waals surface area contributed by atoms with Crippen molar-refractivity contribution in [1.29, 1.82) is 0 Å². The van der Waals surface area contributed by atoms with Crippen LogP contribution in [0.25, 0.3) is 0 Å². The maximum atomic E-state index is 14.3. The number of ether oxygens (including phenoxy) is 1. The molecule has 0 saturated carbocycles. The van der Waals surface area contributed by atoms with Gasteiger partial charge in [-0.25, -0.2) is 10.2 Å². The van der Waals surface area contributed by atoms with Gasteiger partial charge >= 0.3 is 0 Å². The molecule has 1 saturated heterocycles. The maximum Gasteiger partial charge on any atom is 0.145 e. The van der Waals surface area contributed by atoms with Crippen LogP contribution < -0.4 is 17.3 Å². The molecule has 6 N–H and O–H groups in total. The normalized spacial score (nSPS) is 17.6. The average molecular weight is 295 g/mol. The third kappa shape index (κ3) is 5.87. The molecular weight excluding hydrogens is 273 g/mol. The molecule has 1 aliphatic rings. The Balaban J connectivity index is 2.72. The summed E-state index contributed by atoms with van der Waals surface area (Å²) in [6.07, 6.45) is 9.47. The Morgan fingerprint density at radius 3 is 2.67 bits per heavy atom. The van der Waals surface area contributed by atoms with Crippen molar-refractivity contribution in [3.8, 4) is 12.3 Å². The summed E-state index contributed by atoms with van der Waals surface area (Å²) < 4.78 is 19.5. The number of terminal acetylenes is 1. The standard InChI is InChI=1S/C14H22FN5O/c1-2-3-14(19-6-8-21-9-7-19)13(15)4-5-20(18)11-12(17)10-16/h1,3-4,11H,5-10,16-18H2/b12-11-,13-4+,14-3+. The summed E-state index contributed by atoms with van der Waals surface area (Å²) in [6, 6.07) is 0. The first kappa shape index (κ1) is 17.0. The van der Waals surface area contributed by atoms with Gasteiger partial charge in [-0.05, 0) is 6.08 Å². The van der Waals surface area contributed by atoms with E-state index in [2.05, 4.69) is 5.92 Å². The van der Waals surface area contributed by atoms with Crippen molar-refractivity contribution in [2.45, 2.75) is 0 Å². The van der Waals surface area contributed by atoms with Gasteiger partial charge < -0.3 is 26.1 Å². The topological polar surface area (TPSA) is 93.8 Å². The summed E-state index contributed by atoms with van der Waals surface area (Å²) >= 11 is 0. The predicted molar refractivity (Wildman–Crippen MR) is 80.7 cm³/mol. The van der Waals surface area contributed by atoms with Crippen LogP contribution in [0.4, 0.5) is 4.39 Å². The van der Waals surface area contributed by atoms with Crippen LogP contribution in [-0.2, 0) is 4.74 Å². The number of rotatable bonds is 6. The highest BCUT2D eigenvalue weighted by Gasteiger charge is 2.16. The molecule has 0 aromatic rings. The molecule has 1 fully saturated rings. The van der Waals surface area contributed by atoms with Gasteiger partial charge in [-0.3, -0.25) is 0 Å². The minimum absolute atomic E-state index is 0.152. The number of hydrogen-bond donors (Lipinski definition) is 3. The minimum atomic E-state index is -0.426. The fourth-order valence-electron chi connectivity index (χ4n) is 1.80. The number of morpholine rings is 1. The summed E-state index contributed by atoms with van der Waals surface area (Å²) in [7, 11) is 0. The molecule has 0 spiro atoms. The van der Waals surface area contributed by atoms with E-state index in [-0.39, 0.29) is 13.1 Å². The van der Waals surface area contributed by atoms with E-state index in [1.807, 2.05) is 4.90 Å². The summed E-state index contributed by atoms with van der Waals surface area (Å²) in [5.74, 6) is 7.60. The summed E-state index contributed by atoms with van der Waals surface area (Å²) in [6.45, 7) is 2.64. The van der Waals surface area contributed by atoms with Crippen LogP contribution in [0.2, 0.25) is 0 Å². The number of halogens is 1. The van der Waals surface area contributed by atoms with Gasteiger partial charge in [0.15, 0.2) is 0 Å². The van der Waals surface area contributed by atoms with Gasteiger partial charge in [0.25, 0.3) is 0 Å². The smallest absolute Gasteiger partial charge is 0.145 e. The van der Waals surface area contributed by atoms with Crippen LogP contribution in [0.15, 0.2) is 35.6 Å². The molecule has 7 heteroatoms. The van der Waals surface area contributed by atoms with Crippen LogP contribution in [0, 0.1) is 12.3 Å². The molecule has 0 atom stereocenters. The third-order valence-electron chi connectivity index (χ3n) is 2.87. The molecule has 0 radical (unpaired) electrons. The fourth-order valence-corrected chi connectivity index (χ4v) is 1.80. The first-order chi connectivity index (χ1) is 10.1.